The monoisotopic (exact) mass is 415 g/mol. The van der Waals surface area contributed by atoms with E-state index in [2.05, 4.69) is 10.6 Å². The Morgan fingerprint density at radius 1 is 1.26 bits per heavy atom. The van der Waals surface area contributed by atoms with E-state index in [1.54, 1.807) is 18.2 Å². The normalized spacial score (nSPS) is 15.7. The zero-order valence-electron chi connectivity index (χ0n) is 16.4. The number of aryl methyl sites for hydroxylation is 1. The van der Waals surface area contributed by atoms with E-state index in [-0.39, 0.29) is 4.90 Å². The summed E-state index contributed by atoms with van der Waals surface area (Å²) in [4.78, 5) is 1.78. The first kappa shape index (κ1) is 22.0. The molecule has 9 heteroatoms. The highest BCUT2D eigenvalue weighted by Gasteiger charge is 2.22. The van der Waals surface area contributed by atoms with Gasteiger partial charge in [-0.2, -0.15) is 4.31 Å². The van der Waals surface area contributed by atoms with Crippen molar-refractivity contribution in [2.45, 2.75) is 25.7 Å². The van der Waals surface area contributed by atoms with Gasteiger partial charge < -0.3 is 20.3 Å². The maximum absolute atomic E-state index is 12.7. The molecule has 3 N–H and O–H groups in total. The molecule has 0 spiro atoms. The first-order valence-electron chi connectivity index (χ1n) is 9.45. The molecule has 0 amide bonds. The third-order valence-electron chi connectivity index (χ3n) is 4.76. The summed E-state index contributed by atoms with van der Waals surface area (Å²) in [6.07, 6.45) is 0. The molecule has 1 aromatic rings. The Bertz CT molecular complexity index is 730. The van der Waals surface area contributed by atoms with Gasteiger partial charge in [-0.15, -0.1) is 0 Å². The second-order valence-electron chi connectivity index (χ2n) is 6.56. The molecule has 7 nitrogen and oxygen atoms in total. The molecule has 152 valence electrons. The van der Waals surface area contributed by atoms with Crippen LogP contribution in [0, 0.1) is 6.92 Å². The lowest BCUT2D eigenvalue weighted by Gasteiger charge is -2.24. The van der Waals surface area contributed by atoms with Crippen molar-refractivity contribution in [1.29, 1.82) is 0 Å². The van der Waals surface area contributed by atoms with Gasteiger partial charge in [0.25, 0.3) is 0 Å². The Balaban J connectivity index is 1.98. The minimum atomic E-state index is -3.49. The van der Waals surface area contributed by atoms with Crippen LogP contribution in [0.2, 0.25) is 0 Å². The number of hydrogen-bond acceptors (Lipinski definition) is 4. The largest absolute Gasteiger partial charge is 0.370 e. The molecule has 27 heavy (non-hydrogen) atoms. The Kier molecular flexibility index (Phi) is 8.43. The summed E-state index contributed by atoms with van der Waals surface area (Å²) in [7, 11) is -3.49. The van der Waals surface area contributed by atoms with Crippen molar-refractivity contribution >= 4 is 33.0 Å². The molecule has 1 aliphatic rings. The van der Waals surface area contributed by atoms with Crippen molar-refractivity contribution in [2.24, 2.45) is 0 Å². The molecule has 1 saturated heterocycles. The lowest BCUT2D eigenvalue weighted by molar-refractivity contribution is -0.906. The Hall–Kier alpha value is -1.26. The molecule has 0 bridgehead atoms. The van der Waals surface area contributed by atoms with E-state index < -0.39 is 10.0 Å². The number of nitrogens with zero attached hydrogens (tertiary/aromatic N) is 1. The lowest BCUT2D eigenvalue weighted by atomic mass is 10.2. The van der Waals surface area contributed by atoms with Gasteiger partial charge in [-0.25, -0.2) is 8.42 Å². The fourth-order valence-corrected chi connectivity index (χ4v) is 4.74. The lowest BCUT2D eigenvalue weighted by Crippen LogP contribution is -3.14. The zero-order chi connectivity index (χ0) is 19.9. The number of sulfonamides is 1. The average molecular weight is 416 g/mol. The third kappa shape index (κ3) is 6.11. The van der Waals surface area contributed by atoms with E-state index in [1.807, 2.05) is 20.8 Å². The number of rotatable bonds is 8. The topological polar surface area (TPSA) is 75.1 Å². The van der Waals surface area contributed by atoms with Gasteiger partial charge in [0.1, 0.15) is 13.1 Å². The van der Waals surface area contributed by atoms with Gasteiger partial charge in [-0.1, -0.05) is 19.9 Å². The fourth-order valence-electron chi connectivity index (χ4n) is 3.04. The molecule has 0 aliphatic carbocycles. The van der Waals surface area contributed by atoms with E-state index in [4.69, 9.17) is 17.0 Å². The summed E-state index contributed by atoms with van der Waals surface area (Å²) in [6.45, 7) is 11.9. The van der Waals surface area contributed by atoms with Crippen LogP contribution >= 0.6 is 12.2 Å². The molecule has 2 rings (SSSR count). The molecule has 1 fully saturated rings. The molecule has 0 aromatic heterocycles. The van der Waals surface area contributed by atoms with Crippen LogP contribution in [0.5, 0.6) is 0 Å². The van der Waals surface area contributed by atoms with Crippen molar-refractivity contribution in [2.75, 3.05) is 57.8 Å². The number of thiocarbonyl (C=S) groups is 1. The summed E-state index contributed by atoms with van der Waals surface area (Å²) in [5, 5.41) is 6.85. The number of nitrogens with one attached hydrogen (secondary N) is 3. The Morgan fingerprint density at radius 3 is 2.56 bits per heavy atom. The molecule has 0 saturated carbocycles. The van der Waals surface area contributed by atoms with Crippen molar-refractivity contribution in [1.82, 2.24) is 9.62 Å². The van der Waals surface area contributed by atoms with Gasteiger partial charge in [0.2, 0.25) is 10.0 Å². The minimum Gasteiger partial charge on any atom is -0.370 e. The van der Waals surface area contributed by atoms with Gasteiger partial charge >= 0.3 is 0 Å². The number of ether oxygens (including phenoxy) is 1. The molecule has 0 radical (unpaired) electrons. The Morgan fingerprint density at radius 2 is 1.93 bits per heavy atom. The second-order valence-corrected chi connectivity index (χ2v) is 8.91. The van der Waals surface area contributed by atoms with Crippen LogP contribution in [0.3, 0.4) is 0 Å². The first-order chi connectivity index (χ1) is 12.9. The van der Waals surface area contributed by atoms with E-state index in [0.29, 0.717) is 23.9 Å². The third-order valence-corrected chi connectivity index (χ3v) is 7.06. The first-order valence-corrected chi connectivity index (χ1v) is 11.3. The highest BCUT2D eigenvalue weighted by atomic mass is 32.2. The van der Waals surface area contributed by atoms with E-state index in [0.717, 1.165) is 45.0 Å². The van der Waals surface area contributed by atoms with Crippen LogP contribution in [-0.4, -0.2) is 70.3 Å². The average Bonchev–Trinajstić information content (AvgIpc) is 2.65. The molecular weight excluding hydrogens is 384 g/mol. The van der Waals surface area contributed by atoms with Crippen LogP contribution in [0.25, 0.3) is 0 Å². The summed E-state index contributed by atoms with van der Waals surface area (Å²) in [6, 6.07) is 5.11. The highest BCUT2D eigenvalue weighted by molar-refractivity contribution is 7.89. The predicted molar refractivity (Wildman–Crippen MR) is 112 cm³/mol. The summed E-state index contributed by atoms with van der Waals surface area (Å²) >= 11 is 5.38. The quantitative estimate of drug-likeness (QED) is 0.528. The van der Waals surface area contributed by atoms with Crippen molar-refractivity contribution in [3.05, 3.63) is 23.8 Å². The van der Waals surface area contributed by atoms with Crippen LogP contribution in [-0.2, 0) is 14.8 Å². The maximum Gasteiger partial charge on any atom is 0.243 e. The van der Waals surface area contributed by atoms with E-state index in [1.165, 1.54) is 9.21 Å². The van der Waals surface area contributed by atoms with Crippen molar-refractivity contribution < 1.29 is 18.1 Å². The van der Waals surface area contributed by atoms with Crippen molar-refractivity contribution in [3.8, 4) is 0 Å². The second kappa shape index (κ2) is 10.3. The van der Waals surface area contributed by atoms with Gasteiger partial charge in [0, 0.05) is 18.8 Å². The summed E-state index contributed by atoms with van der Waals surface area (Å²) < 4.78 is 32.3. The van der Waals surface area contributed by atoms with Crippen LogP contribution in [0.15, 0.2) is 23.1 Å². The standard InChI is InChI=1S/C18H30N4O3S2/c1-4-22(5-2)27(23,24)16-7-6-15(3)17(14-16)20-18(26)19-8-9-21-10-12-25-13-11-21/h6-7,14H,4-5,8-13H2,1-3H3,(H2,19,20,26)/p+1. The smallest absolute Gasteiger partial charge is 0.243 e. The van der Waals surface area contributed by atoms with Gasteiger partial charge in [0.15, 0.2) is 5.11 Å². The van der Waals surface area contributed by atoms with Gasteiger partial charge in [0.05, 0.1) is 31.2 Å². The molecule has 0 unspecified atom stereocenters. The number of morpholine rings is 1. The van der Waals surface area contributed by atoms with Crippen LogP contribution in [0.4, 0.5) is 5.69 Å². The highest BCUT2D eigenvalue weighted by Crippen LogP contribution is 2.22. The molecule has 0 atom stereocenters. The van der Waals surface area contributed by atoms with Crippen LogP contribution < -0.4 is 15.5 Å². The molecular formula is C18H31N4O3S2+. The van der Waals surface area contributed by atoms with E-state index in [9.17, 15) is 8.42 Å². The maximum atomic E-state index is 12.7. The van der Waals surface area contributed by atoms with E-state index >= 15 is 0 Å². The molecule has 1 heterocycles. The number of anilines is 1. The Labute approximate surface area is 168 Å². The summed E-state index contributed by atoms with van der Waals surface area (Å²) in [5.74, 6) is 0. The molecule has 1 aromatic carbocycles. The SMILES string of the molecule is CCN(CC)S(=O)(=O)c1ccc(C)c(NC(=S)NCC[NH+]2CCOCC2)c1. The zero-order valence-corrected chi connectivity index (χ0v) is 18.0. The molecule has 1 aliphatic heterocycles. The summed E-state index contributed by atoms with van der Waals surface area (Å²) in [5.41, 5.74) is 1.65. The fraction of sp³-hybridized carbons (Fsp3) is 0.611. The number of benzene rings is 1. The van der Waals surface area contributed by atoms with Gasteiger partial charge in [-0.3, -0.25) is 0 Å². The van der Waals surface area contributed by atoms with Crippen molar-refractivity contribution in [3.63, 3.8) is 0 Å². The van der Waals surface area contributed by atoms with Gasteiger partial charge in [-0.05, 0) is 36.8 Å². The number of hydrogen-bond donors (Lipinski definition) is 3. The predicted octanol–water partition coefficient (Wildman–Crippen LogP) is 0.227. The number of quaternary nitrogens is 1. The van der Waals surface area contributed by atoms with Crippen LogP contribution in [0.1, 0.15) is 19.4 Å². The minimum absolute atomic E-state index is 0.278.